The minimum Gasteiger partial charge on any atom is -0.338 e. The van der Waals surface area contributed by atoms with E-state index in [9.17, 15) is 4.79 Å². The van der Waals surface area contributed by atoms with E-state index in [1.807, 2.05) is 24.8 Å². The van der Waals surface area contributed by atoms with Gasteiger partial charge in [0.05, 0.1) is 16.6 Å². The zero-order chi connectivity index (χ0) is 15.0. The van der Waals surface area contributed by atoms with E-state index in [4.69, 9.17) is 10.3 Å². The van der Waals surface area contributed by atoms with E-state index in [2.05, 4.69) is 10.1 Å². The average Bonchev–Trinajstić information content (AvgIpc) is 3.12. The van der Waals surface area contributed by atoms with Crippen LogP contribution in [0.1, 0.15) is 42.2 Å². The van der Waals surface area contributed by atoms with E-state index in [0.29, 0.717) is 23.7 Å². The van der Waals surface area contributed by atoms with Gasteiger partial charge in [0.2, 0.25) is 0 Å². The molecule has 2 aromatic heterocycles. The van der Waals surface area contributed by atoms with Gasteiger partial charge in [0, 0.05) is 19.3 Å². The minimum absolute atomic E-state index is 0.0104. The van der Waals surface area contributed by atoms with Crippen molar-refractivity contribution in [1.29, 1.82) is 0 Å². The fourth-order valence-corrected chi connectivity index (χ4v) is 2.78. The number of pyridine rings is 1. The van der Waals surface area contributed by atoms with Crippen LogP contribution in [0.5, 0.6) is 0 Å². The van der Waals surface area contributed by atoms with Crippen LogP contribution < -0.4 is 5.73 Å². The molecule has 112 valence electrons. The van der Waals surface area contributed by atoms with E-state index in [1.54, 1.807) is 6.20 Å². The van der Waals surface area contributed by atoms with Crippen molar-refractivity contribution in [2.45, 2.75) is 26.2 Å². The third kappa shape index (κ3) is 2.51. The number of carbonyl (C=O) groups excluding carboxylic acids is 1. The Bertz CT molecular complexity index is 665. The summed E-state index contributed by atoms with van der Waals surface area (Å²) in [6, 6.07) is 1.84. The first-order chi connectivity index (χ1) is 10.1. The maximum absolute atomic E-state index is 12.5. The zero-order valence-corrected chi connectivity index (χ0v) is 12.4. The van der Waals surface area contributed by atoms with Crippen molar-refractivity contribution in [2.75, 3.05) is 19.6 Å². The van der Waals surface area contributed by atoms with Crippen LogP contribution in [0, 0.1) is 5.92 Å². The van der Waals surface area contributed by atoms with Crippen LogP contribution in [-0.2, 0) is 0 Å². The predicted octanol–water partition coefficient (Wildman–Crippen LogP) is 1.77. The Morgan fingerprint density at radius 1 is 1.57 bits per heavy atom. The molecule has 3 rings (SSSR count). The van der Waals surface area contributed by atoms with Crippen molar-refractivity contribution >= 4 is 17.0 Å². The first-order valence-corrected chi connectivity index (χ1v) is 7.34. The van der Waals surface area contributed by atoms with Crippen molar-refractivity contribution in [3.05, 3.63) is 23.5 Å². The molecule has 6 heteroatoms. The van der Waals surface area contributed by atoms with Crippen LogP contribution >= 0.6 is 0 Å². The Morgan fingerprint density at radius 3 is 3.05 bits per heavy atom. The number of nitrogens with two attached hydrogens (primary N) is 1. The van der Waals surface area contributed by atoms with Crippen molar-refractivity contribution < 1.29 is 9.32 Å². The molecule has 2 N–H and O–H groups in total. The summed E-state index contributed by atoms with van der Waals surface area (Å²) < 4.78 is 5.20. The average molecular weight is 288 g/mol. The molecule has 1 atom stereocenters. The van der Waals surface area contributed by atoms with Crippen LogP contribution in [0.4, 0.5) is 0 Å². The number of hydrogen-bond donors (Lipinski definition) is 1. The lowest BCUT2D eigenvalue weighted by Gasteiger charge is -2.16. The van der Waals surface area contributed by atoms with Crippen LogP contribution in [0.3, 0.4) is 0 Å². The quantitative estimate of drug-likeness (QED) is 0.930. The lowest BCUT2D eigenvalue weighted by molar-refractivity contribution is 0.0787. The highest BCUT2D eigenvalue weighted by molar-refractivity contribution is 5.97. The second-order valence-electron chi connectivity index (χ2n) is 5.94. The maximum Gasteiger partial charge on any atom is 0.257 e. The molecular weight excluding hydrogens is 268 g/mol. The summed E-state index contributed by atoms with van der Waals surface area (Å²) >= 11 is 0. The molecule has 0 bridgehead atoms. The first kappa shape index (κ1) is 14.0. The zero-order valence-electron chi connectivity index (χ0n) is 12.4. The molecule has 0 aliphatic carbocycles. The lowest BCUT2D eigenvalue weighted by Crippen LogP contribution is -2.29. The molecule has 1 amide bonds. The Kier molecular flexibility index (Phi) is 3.63. The fourth-order valence-electron chi connectivity index (χ4n) is 2.78. The highest BCUT2D eigenvalue weighted by atomic mass is 16.5. The van der Waals surface area contributed by atoms with Gasteiger partial charge < -0.3 is 15.2 Å². The maximum atomic E-state index is 12.5. The molecule has 0 aromatic carbocycles. The van der Waals surface area contributed by atoms with E-state index < -0.39 is 0 Å². The summed E-state index contributed by atoms with van der Waals surface area (Å²) in [7, 11) is 0. The van der Waals surface area contributed by atoms with E-state index in [0.717, 1.165) is 30.6 Å². The number of nitrogens with zero attached hydrogens (tertiary/aromatic N) is 3. The molecule has 2 aromatic rings. The lowest BCUT2D eigenvalue weighted by atomic mass is 10.1. The SMILES string of the molecule is CC(C)c1noc2ncc(C(=O)N3CC[C@H](CN)C3)cc12. The molecule has 6 nitrogen and oxygen atoms in total. The van der Waals surface area contributed by atoms with Crippen LogP contribution in [0.15, 0.2) is 16.8 Å². The number of hydrogen-bond acceptors (Lipinski definition) is 5. The van der Waals surface area contributed by atoms with Crippen LogP contribution in [0.2, 0.25) is 0 Å². The Balaban J connectivity index is 1.90. The third-order valence-corrected chi connectivity index (χ3v) is 4.06. The van der Waals surface area contributed by atoms with Gasteiger partial charge in [-0.25, -0.2) is 4.98 Å². The minimum atomic E-state index is 0.0104. The number of amides is 1. The van der Waals surface area contributed by atoms with E-state index in [-0.39, 0.29) is 11.8 Å². The number of aromatic nitrogens is 2. The molecule has 0 saturated carbocycles. The smallest absolute Gasteiger partial charge is 0.257 e. The largest absolute Gasteiger partial charge is 0.338 e. The normalized spacial score (nSPS) is 18.9. The van der Waals surface area contributed by atoms with Crippen molar-refractivity contribution in [1.82, 2.24) is 15.0 Å². The molecule has 1 saturated heterocycles. The van der Waals surface area contributed by atoms with Gasteiger partial charge in [-0.2, -0.15) is 0 Å². The van der Waals surface area contributed by atoms with Gasteiger partial charge in [-0.3, -0.25) is 4.79 Å². The van der Waals surface area contributed by atoms with E-state index in [1.165, 1.54) is 0 Å². The molecule has 1 aliphatic heterocycles. The molecular formula is C15H20N4O2. The summed E-state index contributed by atoms with van der Waals surface area (Å²) in [5.74, 6) is 0.649. The second kappa shape index (κ2) is 5.44. The third-order valence-electron chi connectivity index (χ3n) is 4.06. The molecule has 1 aliphatic rings. The van der Waals surface area contributed by atoms with Crippen molar-refractivity contribution in [3.63, 3.8) is 0 Å². The summed E-state index contributed by atoms with van der Waals surface area (Å²) in [6.45, 7) is 6.20. The summed E-state index contributed by atoms with van der Waals surface area (Å²) in [5, 5.41) is 4.86. The molecule has 21 heavy (non-hydrogen) atoms. The Hall–Kier alpha value is -1.95. The Labute approximate surface area is 123 Å². The van der Waals surface area contributed by atoms with Crippen molar-refractivity contribution in [3.8, 4) is 0 Å². The van der Waals surface area contributed by atoms with Gasteiger partial charge in [0.1, 0.15) is 0 Å². The number of carbonyl (C=O) groups is 1. The Morgan fingerprint density at radius 2 is 2.38 bits per heavy atom. The molecule has 0 radical (unpaired) electrons. The second-order valence-corrected chi connectivity index (χ2v) is 5.94. The van der Waals surface area contributed by atoms with Gasteiger partial charge in [0.25, 0.3) is 11.6 Å². The molecule has 0 spiro atoms. The summed E-state index contributed by atoms with van der Waals surface area (Å²) in [5.41, 5.74) is 7.59. The number of likely N-dealkylation sites (tertiary alicyclic amines) is 1. The molecule has 3 heterocycles. The van der Waals surface area contributed by atoms with E-state index >= 15 is 0 Å². The number of fused-ring (bicyclic) bond motifs is 1. The van der Waals surface area contributed by atoms with Gasteiger partial charge in [0.15, 0.2) is 0 Å². The summed E-state index contributed by atoms with van der Waals surface area (Å²) in [6.07, 6.45) is 2.54. The van der Waals surface area contributed by atoms with Crippen LogP contribution in [-0.4, -0.2) is 40.6 Å². The molecule has 1 fully saturated rings. The fraction of sp³-hybridized carbons (Fsp3) is 0.533. The van der Waals surface area contributed by atoms with Crippen molar-refractivity contribution in [2.24, 2.45) is 11.7 Å². The van der Waals surface area contributed by atoms with Gasteiger partial charge in [-0.15, -0.1) is 0 Å². The monoisotopic (exact) mass is 288 g/mol. The van der Waals surface area contributed by atoms with Gasteiger partial charge in [-0.05, 0) is 30.9 Å². The topological polar surface area (TPSA) is 85.2 Å². The number of rotatable bonds is 3. The highest BCUT2D eigenvalue weighted by Crippen LogP contribution is 2.25. The summed E-state index contributed by atoms with van der Waals surface area (Å²) in [4.78, 5) is 18.6. The van der Waals surface area contributed by atoms with Crippen LogP contribution in [0.25, 0.3) is 11.1 Å². The van der Waals surface area contributed by atoms with Gasteiger partial charge in [-0.1, -0.05) is 19.0 Å². The molecule has 0 unspecified atom stereocenters. The first-order valence-electron chi connectivity index (χ1n) is 7.34. The van der Waals surface area contributed by atoms with Gasteiger partial charge >= 0.3 is 0 Å². The highest BCUT2D eigenvalue weighted by Gasteiger charge is 2.27. The standard InChI is InChI=1S/C15H20N4O2/c1-9(2)13-12-5-11(7-17-14(12)21-18-13)15(20)19-4-3-10(6-16)8-19/h5,7,9-10H,3-4,6,8,16H2,1-2H3/t10-/m1/s1. The predicted molar refractivity (Wildman–Crippen MR) is 79.0 cm³/mol.